The van der Waals surface area contributed by atoms with Crippen molar-refractivity contribution in [1.82, 2.24) is 15.0 Å². The summed E-state index contributed by atoms with van der Waals surface area (Å²) < 4.78 is 37.1. The number of rotatable bonds is 3. The van der Waals surface area contributed by atoms with Crippen molar-refractivity contribution in [3.8, 4) is 0 Å². The first-order chi connectivity index (χ1) is 9.36. The molecule has 0 bridgehead atoms. The van der Waals surface area contributed by atoms with Gasteiger partial charge in [0.25, 0.3) is 0 Å². The number of nitrogens with two attached hydrogens (primary N) is 1. The maximum atomic E-state index is 12.4. The lowest BCUT2D eigenvalue weighted by Crippen LogP contribution is -2.09. The number of aryl methyl sites for hydroxylation is 1. The highest BCUT2D eigenvalue weighted by Gasteiger charge is 2.30. The van der Waals surface area contributed by atoms with Gasteiger partial charge in [0.05, 0.1) is 5.56 Å². The fourth-order valence-electron chi connectivity index (χ4n) is 1.50. The highest BCUT2D eigenvalue weighted by molar-refractivity contribution is 5.42. The van der Waals surface area contributed by atoms with Crippen molar-refractivity contribution in [3.63, 3.8) is 0 Å². The van der Waals surface area contributed by atoms with Crippen molar-refractivity contribution in [2.24, 2.45) is 0 Å². The summed E-state index contributed by atoms with van der Waals surface area (Å²) in [6.07, 6.45) is -2.05. The number of halogens is 3. The molecule has 3 N–H and O–H groups in total. The number of nitrogen functional groups attached to an aromatic ring is 1. The normalized spacial score (nSPS) is 11.4. The van der Waals surface area contributed by atoms with Crippen LogP contribution in [0.3, 0.4) is 0 Å². The number of anilines is 2. The molecule has 2 rings (SSSR count). The average molecular weight is 283 g/mol. The molecule has 0 saturated heterocycles. The largest absolute Gasteiger partial charge is 0.417 e. The van der Waals surface area contributed by atoms with E-state index in [2.05, 4.69) is 20.3 Å². The van der Waals surface area contributed by atoms with Crippen LogP contribution in [0.4, 0.5) is 24.8 Å². The van der Waals surface area contributed by atoms with E-state index >= 15 is 0 Å². The Hall–Kier alpha value is -2.38. The Kier molecular flexibility index (Phi) is 3.73. The van der Waals surface area contributed by atoms with Gasteiger partial charge in [-0.1, -0.05) is 0 Å². The number of aromatic nitrogens is 3. The lowest BCUT2D eigenvalue weighted by atomic mass is 10.2. The Bertz CT molecular complexity index is 595. The van der Waals surface area contributed by atoms with Crippen molar-refractivity contribution in [2.45, 2.75) is 19.6 Å². The van der Waals surface area contributed by atoms with Crippen molar-refractivity contribution in [3.05, 3.63) is 41.5 Å². The second kappa shape index (κ2) is 5.32. The zero-order valence-corrected chi connectivity index (χ0v) is 10.6. The minimum atomic E-state index is -4.39. The summed E-state index contributed by atoms with van der Waals surface area (Å²) in [5.74, 6) is 1.20. The molecule has 5 nitrogen and oxygen atoms in total. The minimum absolute atomic E-state index is 0.282. The molecule has 0 aliphatic rings. The molecule has 0 aliphatic heterocycles. The Morgan fingerprint density at radius 1 is 1.20 bits per heavy atom. The van der Waals surface area contributed by atoms with Gasteiger partial charge in [-0.25, -0.2) is 15.0 Å². The molecule has 0 spiro atoms. The van der Waals surface area contributed by atoms with E-state index in [4.69, 9.17) is 5.73 Å². The van der Waals surface area contributed by atoms with Crippen molar-refractivity contribution >= 4 is 11.6 Å². The summed E-state index contributed by atoms with van der Waals surface area (Å²) in [6.45, 7) is 2.00. The highest BCUT2D eigenvalue weighted by Crippen LogP contribution is 2.28. The number of pyridine rings is 1. The first kappa shape index (κ1) is 14.0. The number of nitrogens with one attached hydrogen (secondary N) is 1. The average Bonchev–Trinajstić information content (AvgIpc) is 2.37. The van der Waals surface area contributed by atoms with Crippen molar-refractivity contribution in [1.29, 1.82) is 0 Å². The predicted octanol–water partition coefficient (Wildman–Crippen LogP) is 2.39. The number of hydrogen-bond donors (Lipinski definition) is 2. The molecule has 0 saturated carbocycles. The Labute approximate surface area is 113 Å². The third-order valence-electron chi connectivity index (χ3n) is 2.57. The van der Waals surface area contributed by atoms with Gasteiger partial charge in [-0.2, -0.15) is 13.2 Å². The second-order valence-electron chi connectivity index (χ2n) is 4.11. The molecule has 2 aromatic heterocycles. The van der Waals surface area contributed by atoms with Gasteiger partial charge in [0.15, 0.2) is 0 Å². The summed E-state index contributed by atoms with van der Waals surface area (Å²) in [5.41, 5.74) is 5.57. The van der Waals surface area contributed by atoms with Crippen LogP contribution < -0.4 is 11.1 Å². The topological polar surface area (TPSA) is 76.7 Å². The van der Waals surface area contributed by atoms with Gasteiger partial charge in [-0.05, 0) is 19.1 Å². The molecular formula is C12H12F3N5. The fraction of sp³-hybridized carbons (Fsp3) is 0.250. The standard InChI is InChI=1S/C12H12F3N5/c1-7-17-4-8(11(16)20-7)5-18-10-3-2-9(6-19-10)12(13,14)15/h2-4,6H,5H2,1H3,(H,18,19)(H2,16,17,20). The summed E-state index contributed by atoms with van der Waals surface area (Å²) in [6, 6.07) is 2.22. The zero-order valence-electron chi connectivity index (χ0n) is 10.6. The number of hydrogen-bond acceptors (Lipinski definition) is 5. The van der Waals surface area contributed by atoms with E-state index in [0.717, 1.165) is 12.3 Å². The first-order valence-electron chi connectivity index (χ1n) is 5.71. The lowest BCUT2D eigenvalue weighted by molar-refractivity contribution is -0.137. The summed E-state index contributed by atoms with van der Waals surface area (Å²) in [7, 11) is 0. The van der Waals surface area contributed by atoms with Gasteiger partial charge >= 0.3 is 6.18 Å². The van der Waals surface area contributed by atoms with Crippen molar-refractivity contribution in [2.75, 3.05) is 11.1 Å². The maximum Gasteiger partial charge on any atom is 0.417 e. The van der Waals surface area contributed by atoms with E-state index in [1.165, 1.54) is 6.07 Å². The maximum absolute atomic E-state index is 12.4. The van der Waals surface area contributed by atoms with E-state index < -0.39 is 11.7 Å². The molecule has 0 fully saturated rings. The SMILES string of the molecule is Cc1ncc(CNc2ccc(C(F)(F)F)cn2)c(N)n1. The van der Waals surface area contributed by atoms with E-state index in [-0.39, 0.29) is 6.54 Å². The van der Waals surface area contributed by atoms with E-state index in [1.54, 1.807) is 13.1 Å². The second-order valence-corrected chi connectivity index (χ2v) is 4.11. The zero-order chi connectivity index (χ0) is 14.8. The molecule has 20 heavy (non-hydrogen) atoms. The predicted molar refractivity (Wildman–Crippen MR) is 67.7 cm³/mol. The monoisotopic (exact) mass is 283 g/mol. The van der Waals surface area contributed by atoms with Crippen LogP contribution in [0.1, 0.15) is 17.0 Å². The lowest BCUT2D eigenvalue weighted by Gasteiger charge is -2.09. The van der Waals surface area contributed by atoms with Crippen LogP contribution in [0.15, 0.2) is 24.5 Å². The van der Waals surface area contributed by atoms with E-state index in [1.807, 2.05) is 0 Å². The van der Waals surface area contributed by atoms with Gasteiger partial charge in [0.2, 0.25) is 0 Å². The van der Waals surface area contributed by atoms with E-state index in [0.29, 0.717) is 23.0 Å². The minimum Gasteiger partial charge on any atom is -0.383 e. The molecular weight excluding hydrogens is 271 g/mol. The van der Waals surface area contributed by atoms with Crippen LogP contribution >= 0.6 is 0 Å². The van der Waals surface area contributed by atoms with Crippen LogP contribution in [-0.4, -0.2) is 15.0 Å². The number of nitrogens with zero attached hydrogens (tertiary/aromatic N) is 3. The molecule has 8 heteroatoms. The third kappa shape index (κ3) is 3.34. The fourth-order valence-corrected chi connectivity index (χ4v) is 1.50. The molecule has 2 aromatic rings. The van der Waals surface area contributed by atoms with Gasteiger partial charge in [-0.15, -0.1) is 0 Å². The third-order valence-corrected chi connectivity index (χ3v) is 2.57. The smallest absolute Gasteiger partial charge is 0.383 e. The quantitative estimate of drug-likeness (QED) is 0.904. The summed E-state index contributed by atoms with van der Waals surface area (Å²) >= 11 is 0. The molecule has 0 aliphatic carbocycles. The van der Waals surface area contributed by atoms with Crippen LogP contribution in [-0.2, 0) is 12.7 Å². The molecule has 0 aromatic carbocycles. The molecule has 106 valence electrons. The van der Waals surface area contributed by atoms with Gasteiger partial charge in [0.1, 0.15) is 17.5 Å². The molecule has 0 amide bonds. The summed E-state index contributed by atoms with van der Waals surface area (Å²) in [4.78, 5) is 11.7. The summed E-state index contributed by atoms with van der Waals surface area (Å²) in [5, 5.41) is 2.86. The molecule has 0 unspecified atom stereocenters. The number of alkyl halides is 3. The van der Waals surface area contributed by atoms with Crippen LogP contribution in [0, 0.1) is 6.92 Å². The van der Waals surface area contributed by atoms with Gasteiger partial charge in [0, 0.05) is 24.5 Å². The first-order valence-corrected chi connectivity index (χ1v) is 5.71. The molecule has 0 radical (unpaired) electrons. The molecule has 0 atom stereocenters. The van der Waals surface area contributed by atoms with Crippen molar-refractivity contribution < 1.29 is 13.2 Å². The molecule has 2 heterocycles. The Morgan fingerprint density at radius 2 is 1.95 bits per heavy atom. The van der Waals surface area contributed by atoms with Gasteiger partial charge < -0.3 is 11.1 Å². The highest BCUT2D eigenvalue weighted by atomic mass is 19.4. The van der Waals surface area contributed by atoms with Crippen LogP contribution in [0.5, 0.6) is 0 Å². The van der Waals surface area contributed by atoms with Crippen LogP contribution in [0.2, 0.25) is 0 Å². The van der Waals surface area contributed by atoms with E-state index in [9.17, 15) is 13.2 Å². The Balaban J connectivity index is 2.04. The van der Waals surface area contributed by atoms with Crippen LogP contribution in [0.25, 0.3) is 0 Å². The Morgan fingerprint density at radius 3 is 2.50 bits per heavy atom. The van der Waals surface area contributed by atoms with Gasteiger partial charge in [-0.3, -0.25) is 0 Å².